The summed E-state index contributed by atoms with van der Waals surface area (Å²) < 4.78 is 0. The third kappa shape index (κ3) is 28.9. The fourth-order valence-corrected chi connectivity index (χ4v) is 6.18. The lowest BCUT2D eigenvalue weighted by molar-refractivity contribution is 0.321. The van der Waals surface area contributed by atoms with E-state index in [4.69, 9.17) is 11.5 Å². The summed E-state index contributed by atoms with van der Waals surface area (Å²) in [6.07, 6.45) is 43.5. The van der Waals surface area contributed by atoms with Gasteiger partial charge in [0.1, 0.15) is 0 Å². The first-order valence-electron chi connectivity index (χ1n) is 18.2. The van der Waals surface area contributed by atoms with Gasteiger partial charge in [0.25, 0.3) is 0 Å². The van der Waals surface area contributed by atoms with E-state index in [9.17, 15) is 0 Å². The van der Waals surface area contributed by atoms with Crippen molar-refractivity contribution in [1.82, 2.24) is 0 Å². The van der Waals surface area contributed by atoms with Crippen LogP contribution in [-0.4, -0.2) is 12.6 Å². The highest BCUT2D eigenvalue weighted by molar-refractivity contribution is 4.74. The predicted molar refractivity (Wildman–Crippen MR) is 175 cm³/mol. The summed E-state index contributed by atoms with van der Waals surface area (Å²) >= 11 is 0. The summed E-state index contributed by atoms with van der Waals surface area (Å²) in [5.74, 6) is 0.765. The minimum Gasteiger partial charge on any atom is -0.330 e. The van der Waals surface area contributed by atoms with Crippen molar-refractivity contribution in [3.05, 3.63) is 0 Å². The summed E-state index contributed by atoms with van der Waals surface area (Å²) in [6.45, 7) is 5.47. The molecule has 0 aromatic heterocycles. The topological polar surface area (TPSA) is 52.0 Å². The van der Waals surface area contributed by atoms with E-state index in [1.807, 2.05) is 0 Å². The van der Waals surface area contributed by atoms with E-state index in [2.05, 4.69) is 13.8 Å². The zero-order valence-corrected chi connectivity index (χ0v) is 26.9. The minimum absolute atomic E-state index is 0.439. The quantitative estimate of drug-likeness (QED) is 0.0819. The van der Waals surface area contributed by atoms with E-state index < -0.39 is 0 Å². The van der Waals surface area contributed by atoms with Crippen molar-refractivity contribution in [3.63, 3.8) is 0 Å². The van der Waals surface area contributed by atoms with Crippen molar-refractivity contribution in [2.45, 2.75) is 219 Å². The zero-order chi connectivity index (χ0) is 27.8. The second-order valence-corrected chi connectivity index (χ2v) is 12.8. The SMILES string of the molecule is CCCCCCCCCCCCCCCCCC(N)C(CCCCCCCCC)CCCCCCCCN. The van der Waals surface area contributed by atoms with Crippen LogP contribution in [0.3, 0.4) is 0 Å². The Labute approximate surface area is 242 Å². The first kappa shape index (κ1) is 37.9. The van der Waals surface area contributed by atoms with Crippen molar-refractivity contribution < 1.29 is 0 Å². The molecule has 2 atom stereocenters. The van der Waals surface area contributed by atoms with Crippen molar-refractivity contribution in [2.24, 2.45) is 17.4 Å². The highest BCUT2D eigenvalue weighted by Crippen LogP contribution is 2.24. The Morgan fingerprint density at radius 3 is 0.921 bits per heavy atom. The molecule has 0 amide bonds. The van der Waals surface area contributed by atoms with Crippen LogP contribution in [0.15, 0.2) is 0 Å². The van der Waals surface area contributed by atoms with Gasteiger partial charge in [-0.1, -0.05) is 187 Å². The smallest absolute Gasteiger partial charge is 0.00671 e. The van der Waals surface area contributed by atoms with E-state index in [-0.39, 0.29) is 0 Å². The van der Waals surface area contributed by atoms with Gasteiger partial charge in [-0.15, -0.1) is 0 Å². The molecular weight excluding hydrogens is 460 g/mol. The van der Waals surface area contributed by atoms with Crippen molar-refractivity contribution in [1.29, 1.82) is 0 Å². The molecule has 0 rings (SSSR count). The lowest BCUT2D eigenvalue weighted by Gasteiger charge is -2.24. The number of rotatable bonds is 33. The molecule has 0 aromatic carbocycles. The Kier molecular flexibility index (Phi) is 33.1. The molecule has 2 nitrogen and oxygen atoms in total. The van der Waals surface area contributed by atoms with Gasteiger partial charge >= 0.3 is 0 Å². The summed E-state index contributed by atoms with van der Waals surface area (Å²) in [4.78, 5) is 0. The van der Waals surface area contributed by atoms with Gasteiger partial charge in [0.05, 0.1) is 0 Å². The predicted octanol–water partition coefficient (Wildman–Crippen LogP) is 12.0. The normalized spacial score (nSPS) is 13.3. The molecule has 230 valence electrons. The van der Waals surface area contributed by atoms with Crippen LogP contribution < -0.4 is 11.5 Å². The highest BCUT2D eigenvalue weighted by atomic mass is 14.6. The van der Waals surface area contributed by atoms with E-state index in [0.717, 1.165) is 12.5 Å². The summed E-state index contributed by atoms with van der Waals surface area (Å²) in [7, 11) is 0. The lowest BCUT2D eigenvalue weighted by Crippen LogP contribution is -2.30. The number of unbranched alkanes of at least 4 members (excludes halogenated alkanes) is 25. The highest BCUT2D eigenvalue weighted by Gasteiger charge is 2.17. The maximum absolute atomic E-state index is 6.82. The van der Waals surface area contributed by atoms with Crippen LogP contribution in [0.2, 0.25) is 0 Å². The molecule has 0 bridgehead atoms. The lowest BCUT2D eigenvalue weighted by atomic mass is 9.86. The van der Waals surface area contributed by atoms with E-state index in [1.54, 1.807) is 0 Å². The molecule has 2 unspecified atom stereocenters. The van der Waals surface area contributed by atoms with E-state index in [1.165, 1.54) is 199 Å². The van der Waals surface area contributed by atoms with Crippen LogP contribution in [-0.2, 0) is 0 Å². The molecule has 0 heterocycles. The Morgan fingerprint density at radius 2 is 0.605 bits per heavy atom. The van der Waals surface area contributed by atoms with Crippen LogP contribution in [0.4, 0.5) is 0 Å². The summed E-state index contributed by atoms with van der Waals surface area (Å²) in [5.41, 5.74) is 12.5. The molecule has 38 heavy (non-hydrogen) atoms. The van der Waals surface area contributed by atoms with Crippen LogP contribution in [0, 0.1) is 5.92 Å². The second kappa shape index (κ2) is 33.1. The average molecular weight is 537 g/mol. The van der Waals surface area contributed by atoms with Gasteiger partial charge in [-0.25, -0.2) is 0 Å². The van der Waals surface area contributed by atoms with Crippen molar-refractivity contribution in [2.75, 3.05) is 6.54 Å². The molecule has 0 aliphatic heterocycles. The molecule has 0 saturated heterocycles. The van der Waals surface area contributed by atoms with Crippen LogP contribution in [0.5, 0.6) is 0 Å². The Bertz CT molecular complexity index is 392. The largest absolute Gasteiger partial charge is 0.330 e. The van der Waals surface area contributed by atoms with E-state index >= 15 is 0 Å². The number of hydrogen-bond donors (Lipinski definition) is 2. The molecule has 0 fully saturated rings. The van der Waals surface area contributed by atoms with Crippen LogP contribution >= 0.6 is 0 Å². The molecule has 0 aromatic rings. The first-order chi connectivity index (χ1) is 18.8. The third-order valence-electron chi connectivity index (χ3n) is 8.95. The van der Waals surface area contributed by atoms with Gasteiger partial charge in [-0.3, -0.25) is 0 Å². The second-order valence-electron chi connectivity index (χ2n) is 12.8. The molecule has 2 heteroatoms. The summed E-state index contributed by atoms with van der Waals surface area (Å²) in [6, 6.07) is 0.439. The third-order valence-corrected chi connectivity index (χ3v) is 8.95. The van der Waals surface area contributed by atoms with Crippen molar-refractivity contribution in [3.8, 4) is 0 Å². The molecule has 0 spiro atoms. The van der Waals surface area contributed by atoms with Crippen LogP contribution in [0.25, 0.3) is 0 Å². The molecular formula is C36H76N2. The fraction of sp³-hybridized carbons (Fsp3) is 1.00. The van der Waals surface area contributed by atoms with Gasteiger partial charge < -0.3 is 11.5 Å². The molecule has 0 radical (unpaired) electrons. The Balaban J connectivity index is 3.86. The Hall–Kier alpha value is -0.0800. The molecule has 4 N–H and O–H groups in total. The van der Waals surface area contributed by atoms with Crippen LogP contribution in [0.1, 0.15) is 213 Å². The van der Waals surface area contributed by atoms with Crippen molar-refractivity contribution >= 4 is 0 Å². The van der Waals surface area contributed by atoms with Gasteiger partial charge in [0.15, 0.2) is 0 Å². The summed E-state index contributed by atoms with van der Waals surface area (Å²) in [5, 5.41) is 0. The number of nitrogens with two attached hydrogens (primary N) is 2. The maximum Gasteiger partial charge on any atom is 0.00671 e. The number of hydrogen-bond acceptors (Lipinski definition) is 2. The molecule has 0 saturated carbocycles. The van der Waals surface area contributed by atoms with Gasteiger partial charge in [-0.2, -0.15) is 0 Å². The average Bonchev–Trinajstić information content (AvgIpc) is 2.92. The maximum atomic E-state index is 6.82. The molecule has 0 aliphatic carbocycles. The van der Waals surface area contributed by atoms with E-state index in [0.29, 0.717) is 6.04 Å². The minimum atomic E-state index is 0.439. The monoisotopic (exact) mass is 537 g/mol. The molecule has 0 aliphatic rings. The standard InChI is InChI=1S/C36H76N2/c1-3-5-7-9-11-12-13-14-15-16-17-18-20-25-29-33-36(38)35(31-27-23-19-10-8-6-4-2)32-28-24-21-22-26-30-34-37/h35-36H,3-34,37-38H2,1-2H3. The fourth-order valence-electron chi connectivity index (χ4n) is 6.18. The van der Waals surface area contributed by atoms with Gasteiger partial charge in [-0.05, 0) is 38.1 Å². The van der Waals surface area contributed by atoms with Gasteiger partial charge in [0, 0.05) is 6.04 Å². The zero-order valence-electron chi connectivity index (χ0n) is 26.9. The Morgan fingerprint density at radius 1 is 0.342 bits per heavy atom. The van der Waals surface area contributed by atoms with Gasteiger partial charge in [0.2, 0.25) is 0 Å². The first-order valence-corrected chi connectivity index (χ1v) is 18.2.